The molecular weight excluding hydrogens is 436 g/mol. The first-order valence-corrected chi connectivity index (χ1v) is 10.5. The Hall–Kier alpha value is -2.70. The number of amides is 2. The van der Waals surface area contributed by atoms with Gasteiger partial charge in [0.15, 0.2) is 0 Å². The topological polar surface area (TPSA) is 49.4 Å². The zero-order chi connectivity index (χ0) is 19.5. The summed E-state index contributed by atoms with van der Waals surface area (Å²) in [5.74, 6) is -0.537. The molecule has 1 N–H and O–H groups in total. The first-order chi connectivity index (χ1) is 13.6. The molecule has 0 unspecified atom stereocenters. The Bertz CT molecular complexity index is 1050. The van der Waals surface area contributed by atoms with Crippen LogP contribution in [0.15, 0.2) is 82.3 Å². The van der Waals surface area contributed by atoms with E-state index in [2.05, 4.69) is 21.2 Å². The second kappa shape index (κ2) is 8.12. The molecule has 4 rings (SSSR count). The summed E-state index contributed by atoms with van der Waals surface area (Å²) in [7, 11) is 0. The molecule has 0 spiro atoms. The quantitative estimate of drug-likeness (QED) is 0.538. The number of imide groups is 1. The van der Waals surface area contributed by atoms with Crippen molar-refractivity contribution in [2.24, 2.45) is 0 Å². The molecule has 0 aliphatic carbocycles. The number of rotatable bonds is 6. The van der Waals surface area contributed by atoms with Crippen LogP contribution >= 0.6 is 27.3 Å². The first-order valence-electron chi connectivity index (χ1n) is 8.84. The van der Waals surface area contributed by atoms with Crippen molar-refractivity contribution < 1.29 is 9.59 Å². The fourth-order valence-electron chi connectivity index (χ4n) is 3.14. The Labute approximate surface area is 175 Å². The van der Waals surface area contributed by atoms with Crippen LogP contribution < -0.4 is 5.32 Å². The molecule has 140 valence electrons. The average Bonchev–Trinajstić information content (AvgIpc) is 3.29. The molecule has 3 aromatic rings. The van der Waals surface area contributed by atoms with Crippen molar-refractivity contribution in [1.29, 1.82) is 0 Å². The highest BCUT2D eigenvalue weighted by molar-refractivity contribution is 9.10. The van der Waals surface area contributed by atoms with Gasteiger partial charge >= 0.3 is 0 Å². The van der Waals surface area contributed by atoms with Gasteiger partial charge in [-0.2, -0.15) is 0 Å². The minimum atomic E-state index is -0.288. The molecule has 1 aromatic heterocycles. The van der Waals surface area contributed by atoms with E-state index in [-0.39, 0.29) is 11.8 Å². The Balaban J connectivity index is 1.64. The Morgan fingerprint density at radius 2 is 1.75 bits per heavy atom. The largest absolute Gasteiger partial charge is 0.350 e. The van der Waals surface area contributed by atoms with Gasteiger partial charge in [0.25, 0.3) is 11.8 Å². The van der Waals surface area contributed by atoms with Crippen molar-refractivity contribution in [1.82, 2.24) is 4.90 Å². The molecule has 0 bridgehead atoms. The van der Waals surface area contributed by atoms with E-state index >= 15 is 0 Å². The van der Waals surface area contributed by atoms with Gasteiger partial charge in [-0.1, -0.05) is 58.4 Å². The van der Waals surface area contributed by atoms with Crippen LogP contribution in [0.3, 0.4) is 0 Å². The Morgan fingerprint density at radius 3 is 2.46 bits per heavy atom. The van der Waals surface area contributed by atoms with Gasteiger partial charge in [-0.3, -0.25) is 14.5 Å². The van der Waals surface area contributed by atoms with E-state index < -0.39 is 0 Å². The number of nitrogens with zero attached hydrogens (tertiary/aromatic N) is 1. The van der Waals surface area contributed by atoms with E-state index in [1.165, 1.54) is 16.2 Å². The lowest BCUT2D eigenvalue weighted by atomic mass is 10.1. The average molecular weight is 453 g/mol. The molecule has 0 saturated heterocycles. The third-order valence-corrected chi connectivity index (χ3v) is 5.88. The Morgan fingerprint density at radius 1 is 0.929 bits per heavy atom. The maximum Gasteiger partial charge on any atom is 0.278 e. The molecule has 1 aliphatic heterocycles. The van der Waals surface area contributed by atoms with Crippen LogP contribution in [0.5, 0.6) is 0 Å². The summed E-state index contributed by atoms with van der Waals surface area (Å²) < 4.78 is 0.897. The number of anilines is 1. The van der Waals surface area contributed by atoms with Crippen molar-refractivity contribution in [3.05, 3.63) is 92.7 Å². The highest BCUT2D eigenvalue weighted by Gasteiger charge is 2.39. The third-order valence-electron chi connectivity index (χ3n) is 4.50. The summed E-state index contributed by atoms with van der Waals surface area (Å²) in [5, 5.41) is 5.08. The third kappa shape index (κ3) is 3.79. The lowest BCUT2D eigenvalue weighted by Crippen LogP contribution is -2.34. The van der Waals surface area contributed by atoms with Crippen LogP contribution in [0.4, 0.5) is 5.69 Å². The van der Waals surface area contributed by atoms with Gasteiger partial charge in [0.2, 0.25) is 0 Å². The van der Waals surface area contributed by atoms with Crippen molar-refractivity contribution in [3.8, 4) is 0 Å². The van der Waals surface area contributed by atoms with Gasteiger partial charge in [0.05, 0.1) is 5.57 Å². The van der Waals surface area contributed by atoms with Crippen LogP contribution in [0.1, 0.15) is 10.4 Å². The van der Waals surface area contributed by atoms with E-state index in [9.17, 15) is 9.59 Å². The van der Waals surface area contributed by atoms with Gasteiger partial charge < -0.3 is 5.32 Å². The normalized spacial score (nSPS) is 14.1. The Kier molecular flexibility index (Phi) is 5.41. The van der Waals surface area contributed by atoms with E-state index in [0.29, 0.717) is 24.2 Å². The van der Waals surface area contributed by atoms with Crippen molar-refractivity contribution in [3.63, 3.8) is 0 Å². The van der Waals surface area contributed by atoms with Crippen LogP contribution in [0.2, 0.25) is 0 Å². The number of thiophene rings is 1. The maximum atomic E-state index is 13.1. The summed E-state index contributed by atoms with van der Waals surface area (Å²) in [5.41, 5.74) is 2.62. The summed E-state index contributed by atoms with van der Waals surface area (Å²) in [4.78, 5) is 28.3. The second-order valence-electron chi connectivity index (χ2n) is 6.36. The number of carbonyl (C=O) groups is 2. The number of benzene rings is 2. The number of hydrogen-bond donors (Lipinski definition) is 1. The van der Waals surface area contributed by atoms with E-state index in [1.54, 1.807) is 0 Å². The molecule has 0 fully saturated rings. The van der Waals surface area contributed by atoms with Gasteiger partial charge in [-0.15, -0.1) is 11.3 Å². The summed E-state index contributed by atoms with van der Waals surface area (Å²) in [6.07, 6.45) is 0.625. The summed E-state index contributed by atoms with van der Waals surface area (Å²) >= 11 is 4.89. The zero-order valence-corrected chi connectivity index (χ0v) is 17.3. The SMILES string of the molecule is O=C1C(Nc2cccc(Br)c2)=C(c2cccs2)C(=O)N1CCc1ccccc1. The molecule has 0 radical (unpaired) electrons. The standard InChI is InChI=1S/C22H17BrN2O2S/c23-16-8-4-9-17(14-16)24-20-19(18-10-5-13-28-18)21(26)25(22(20)27)12-11-15-6-2-1-3-7-15/h1-10,13-14,24H,11-12H2. The van der Waals surface area contributed by atoms with Crippen molar-refractivity contribution in [2.75, 3.05) is 11.9 Å². The number of nitrogens with one attached hydrogen (secondary N) is 1. The van der Waals surface area contributed by atoms with Crippen LogP contribution in [-0.4, -0.2) is 23.3 Å². The van der Waals surface area contributed by atoms with Gasteiger partial charge in [0.1, 0.15) is 5.70 Å². The molecule has 0 atom stereocenters. The monoisotopic (exact) mass is 452 g/mol. The lowest BCUT2D eigenvalue weighted by molar-refractivity contribution is -0.136. The first kappa shape index (κ1) is 18.7. The summed E-state index contributed by atoms with van der Waals surface area (Å²) in [6, 6.07) is 21.2. The lowest BCUT2D eigenvalue weighted by Gasteiger charge is -2.15. The van der Waals surface area contributed by atoms with Crippen LogP contribution in [0, 0.1) is 0 Å². The fourth-order valence-corrected chi connectivity index (χ4v) is 4.31. The van der Waals surface area contributed by atoms with E-state index in [0.717, 1.165) is 20.6 Å². The molecule has 6 heteroatoms. The van der Waals surface area contributed by atoms with Crippen molar-refractivity contribution >= 4 is 50.3 Å². The smallest absolute Gasteiger partial charge is 0.278 e. The molecular formula is C22H17BrN2O2S. The minimum absolute atomic E-state index is 0.249. The van der Waals surface area contributed by atoms with Gasteiger partial charge in [0, 0.05) is 21.6 Å². The second-order valence-corrected chi connectivity index (χ2v) is 8.22. The highest BCUT2D eigenvalue weighted by atomic mass is 79.9. The molecule has 2 aromatic carbocycles. The minimum Gasteiger partial charge on any atom is -0.350 e. The molecule has 2 heterocycles. The van der Waals surface area contributed by atoms with Gasteiger partial charge in [-0.25, -0.2) is 0 Å². The molecule has 0 saturated carbocycles. The van der Waals surface area contributed by atoms with Crippen molar-refractivity contribution in [2.45, 2.75) is 6.42 Å². The summed E-state index contributed by atoms with van der Waals surface area (Å²) in [6.45, 7) is 0.347. The molecule has 1 aliphatic rings. The molecule has 2 amide bonds. The number of hydrogen-bond acceptors (Lipinski definition) is 4. The number of halogens is 1. The van der Waals surface area contributed by atoms with E-state index in [4.69, 9.17) is 0 Å². The predicted octanol–water partition coefficient (Wildman–Crippen LogP) is 4.95. The zero-order valence-electron chi connectivity index (χ0n) is 14.9. The predicted molar refractivity (Wildman–Crippen MR) is 116 cm³/mol. The highest BCUT2D eigenvalue weighted by Crippen LogP contribution is 2.33. The molecule has 28 heavy (non-hydrogen) atoms. The maximum absolute atomic E-state index is 13.1. The van der Waals surface area contributed by atoms with Crippen LogP contribution in [0.25, 0.3) is 5.57 Å². The van der Waals surface area contributed by atoms with E-state index in [1.807, 2.05) is 72.1 Å². The molecule has 4 nitrogen and oxygen atoms in total. The van der Waals surface area contributed by atoms with Crippen LogP contribution in [-0.2, 0) is 16.0 Å². The number of carbonyl (C=O) groups excluding carboxylic acids is 2. The fraction of sp³-hybridized carbons (Fsp3) is 0.0909. The van der Waals surface area contributed by atoms with Gasteiger partial charge in [-0.05, 0) is 41.6 Å².